The zero-order valence-corrected chi connectivity index (χ0v) is 16.0. The van der Waals surface area contributed by atoms with E-state index < -0.39 is 6.04 Å². The van der Waals surface area contributed by atoms with Gasteiger partial charge in [0.2, 0.25) is 5.91 Å². The van der Waals surface area contributed by atoms with Crippen molar-refractivity contribution in [2.24, 2.45) is 5.92 Å². The van der Waals surface area contributed by atoms with Crippen molar-refractivity contribution >= 4 is 11.8 Å². The monoisotopic (exact) mass is 372 g/mol. The van der Waals surface area contributed by atoms with Gasteiger partial charge in [0, 0.05) is 25.2 Å². The Labute approximate surface area is 160 Å². The number of carbonyl (C=O) groups is 2. The molecule has 2 amide bonds. The van der Waals surface area contributed by atoms with Crippen molar-refractivity contribution in [3.8, 4) is 6.07 Å². The minimum absolute atomic E-state index is 0.0699. The van der Waals surface area contributed by atoms with E-state index in [0.29, 0.717) is 12.0 Å². The number of amides is 2. The number of morpholine rings is 1. The number of ether oxygens (including phenoxy) is 1. The molecule has 7 nitrogen and oxygen atoms in total. The Morgan fingerprint density at radius 3 is 2.48 bits per heavy atom. The Bertz CT molecular complexity index is 661. The van der Waals surface area contributed by atoms with Crippen LogP contribution in [-0.4, -0.2) is 55.6 Å². The molecule has 0 aromatic heterocycles. The molecule has 1 aliphatic rings. The van der Waals surface area contributed by atoms with E-state index in [1.807, 2.05) is 32.0 Å². The quantitative estimate of drug-likeness (QED) is 0.671. The minimum atomic E-state index is -0.654. The van der Waals surface area contributed by atoms with Gasteiger partial charge in [-0.05, 0) is 30.0 Å². The lowest BCUT2D eigenvalue weighted by Crippen LogP contribution is -2.47. The SMILES string of the molecule is CC(C)C[C@H](NC(=O)c1ccc(CN2CCOCC2)cc1)C(=O)NCC#N. The summed E-state index contributed by atoms with van der Waals surface area (Å²) in [4.78, 5) is 27.0. The Hall–Kier alpha value is -2.43. The van der Waals surface area contributed by atoms with Crippen LogP contribution in [0.3, 0.4) is 0 Å². The Morgan fingerprint density at radius 1 is 1.22 bits per heavy atom. The van der Waals surface area contributed by atoms with Crippen LogP contribution in [0.2, 0.25) is 0 Å². The summed E-state index contributed by atoms with van der Waals surface area (Å²) >= 11 is 0. The van der Waals surface area contributed by atoms with Crippen LogP contribution >= 0.6 is 0 Å². The third-order valence-corrected chi connectivity index (χ3v) is 4.40. The fourth-order valence-electron chi connectivity index (χ4n) is 2.97. The largest absolute Gasteiger partial charge is 0.379 e. The molecule has 0 unspecified atom stereocenters. The number of hydrogen-bond acceptors (Lipinski definition) is 5. The second-order valence-corrected chi connectivity index (χ2v) is 7.12. The maximum absolute atomic E-state index is 12.5. The molecule has 146 valence electrons. The molecule has 1 atom stereocenters. The van der Waals surface area contributed by atoms with Crippen molar-refractivity contribution in [2.45, 2.75) is 32.9 Å². The van der Waals surface area contributed by atoms with Gasteiger partial charge < -0.3 is 15.4 Å². The normalized spacial score (nSPS) is 15.8. The standard InChI is InChI=1S/C20H28N4O3/c1-15(2)13-18(20(26)22-8-7-21)23-19(25)17-5-3-16(4-6-17)14-24-9-11-27-12-10-24/h3-6,15,18H,8-14H2,1-2H3,(H,22,26)(H,23,25)/t18-/m0/s1. The molecule has 7 heteroatoms. The van der Waals surface area contributed by atoms with Gasteiger partial charge in [-0.3, -0.25) is 14.5 Å². The lowest BCUT2D eigenvalue weighted by atomic mass is 10.0. The summed E-state index contributed by atoms with van der Waals surface area (Å²) in [6.07, 6.45) is 0.512. The lowest BCUT2D eigenvalue weighted by molar-refractivity contribution is -0.123. The predicted octanol–water partition coefficient (Wildman–Crippen LogP) is 1.30. The van der Waals surface area contributed by atoms with Gasteiger partial charge in [0.25, 0.3) is 5.91 Å². The van der Waals surface area contributed by atoms with E-state index in [1.54, 1.807) is 12.1 Å². The Kier molecular flexibility index (Phi) is 8.24. The molecule has 0 saturated carbocycles. The second kappa shape index (κ2) is 10.7. The van der Waals surface area contributed by atoms with Crippen LogP contribution in [0.5, 0.6) is 0 Å². The number of benzene rings is 1. The zero-order valence-electron chi connectivity index (χ0n) is 16.0. The molecule has 0 aliphatic carbocycles. The summed E-state index contributed by atoms with van der Waals surface area (Å²) in [5.74, 6) is -0.382. The van der Waals surface area contributed by atoms with Crippen LogP contribution in [-0.2, 0) is 16.1 Å². The van der Waals surface area contributed by atoms with Gasteiger partial charge in [0.1, 0.15) is 12.6 Å². The van der Waals surface area contributed by atoms with Crippen LogP contribution < -0.4 is 10.6 Å². The third-order valence-electron chi connectivity index (χ3n) is 4.40. The summed E-state index contributed by atoms with van der Waals surface area (Å²) in [6, 6.07) is 8.67. The molecule has 1 aromatic rings. The van der Waals surface area contributed by atoms with E-state index in [0.717, 1.165) is 38.4 Å². The Balaban J connectivity index is 1.95. The highest BCUT2D eigenvalue weighted by atomic mass is 16.5. The van der Waals surface area contributed by atoms with E-state index >= 15 is 0 Å². The van der Waals surface area contributed by atoms with E-state index in [4.69, 9.17) is 10.00 Å². The van der Waals surface area contributed by atoms with Gasteiger partial charge in [0.15, 0.2) is 0 Å². The van der Waals surface area contributed by atoms with Gasteiger partial charge in [-0.25, -0.2) is 0 Å². The van der Waals surface area contributed by atoms with Gasteiger partial charge in [-0.15, -0.1) is 0 Å². The van der Waals surface area contributed by atoms with E-state index in [9.17, 15) is 9.59 Å². The van der Waals surface area contributed by atoms with E-state index in [-0.39, 0.29) is 24.3 Å². The molecular weight excluding hydrogens is 344 g/mol. The number of carbonyl (C=O) groups excluding carboxylic acids is 2. The van der Waals surface area contributed by atoms with Crippen LogP contribution in [0.1, 0.15) is 36.2 Å². The molecule has 1 fully saturated rings. The van der Waals surface area contributed by atoms with Crippen LogP contribution in [0.25, 0.3) is 0 Å². The fourth-order valence-corrected chi connectivity index (χ4v) is 2.97. The average Bonchev–Trinajstić information content (AvgIpc) is 2.66. The van der Waals surface area contributed by atoms with E-state index in [1.165, 1.54) is 0 Å². The zero-order chi connectivity index (χ0) is 19.6. The molecule has 1 saturated heterocycles. The molecule has 1 heterocycles. The minimum Gasteiger partial charge on any atom is -0.379 e. The predicted molar refractivity (Wildman–Crippen MR) is 102 cm³/mol. The van der Waals surface area contributed by atoms with Gasteiger partial charge in [-0.2, -0.15) is 5.26 Å². The van der Waals surface area contributed by atoms with E-state index in [2.05, 4.69) is 15.5 Å². The molecule has 0 bridgehead atoms. The van der Waals surface area contributed by atoms with Crippen LogP contribution in [0, 0.1) is 17.2 Å². The maximum atomic E-state index is 12.5. The molecule has 0 radical (unpaired) electrons. The average molecular weight is 372 g/mol. The fraction of sp³-hybridized carbons (Fsp3) is 0.550. The highest BCUT2D eigenvalue weighted by molar-refractivity contribution is 5.97. The number of hydrogen-bond donors (Lipinski definition) is 2. The highest BCUT2D eigenvalue weighted by Crippen LogP contribution is 2.11. The smallest absolute Gasteiger partial charge is 0.251 e. The summed E-state index contributed by atoms with van der Waals surface area (Å²) in [6.45, 7) is 8.07. The van der Waals surface area contributed by atoms with Crippen molar-refractivity contribution in [2.75, 3.05) is 32.8 Å². The summed E-state index contributed by atoms with van der Waals surface area (Å²) in [5, 5.41) is 13.9. The molecule has 2 rings (SSSR count). The number of nitriles is 1. The highest BCUT2D eigenvalue weighted by Gasteiger charge is 2.22. The number of nitrogens with zero attached hydrogens (tertiary/aromatic N) is 2. The van der Waals surface area contributed by atoms with Gasteiger partial charge in [-0.1, -0.05) is 26.0 Å². The molecule has 27 heavy (non-hydrogen) atoms. The molecule has 1 aliphatic heterocycles. The Morgan fingerprint density at radius 2 is 1.89 bits per heavy atom. The lowest BCUT2D eigenvalue weighted by Gasteiger charge is -2.26. The molecule has 0 spiro atoms. The molecule has 2 N–H and O–H groups in total. The van der Waals surface area contributed by atoms with Crippen LogP contribution in [0.15, 0.2) is 24.3 Å². The first-order valence-corrected chi connectivity index (χ1v) is 9.34. The van der Waals surface area contributed by atoms with Crippen LogP contribution in [0.4, 0.5) is 0 Å². The first-order chi connectivity index (χ1) is 13.0. The third kappa shape index (κ3) is 7.00. The van der Waals surface area contributed by atoms with Crippen molar-refractivity contribution in [1.82, 2.24) is 15.5 Å². The number of rotatable bonds is 8. The molecular formula is C20H28N4O3. The van der Waals surface area contributed by atoms with Crippen molar-refractivity contribution < 1.29 is 14.3 Å². The topological polar surface area (TPSA) is 94.5 Å². The van der Waals surface area contributed by atoms with Crippen molar-refractivity contribution in [3.05, 3.63) is 35.4 Å². The molecule has 1 aromatic carbocycles. The maximum Gasteiger partial charge on any atom is 0.251 e. The van der Waals surface area contributed by atoms with Gasteiger partial charge in [0.05, 0.1) is 19.3 Å². The van der Waals surface area contributed by atoms with Crippen molar-refractivity contribution in [1.29, 1.82) is 5.26 Å². The summed E-state index contributed by atoms with van der Waals surface area (Å²) in [5.41, 5.74) is 1.65. The summed E-state index contributed by atoms with van der Waals surface area (Å²) < 4.78 is 5.35. The van der Waals surface area contributed by atoms with Crippen molar-refractivity contribution in [3.63, 3.8) is 0 Å². The number of nitrogens with one attached hydrogen (secondary N) is 2. The second-order valence-electron chi connectivity index (χ2n) is 7.12. The van der Waals surface area contributed by atoms with Gasteiger partial charge >= 0.3 is 0 Å². The first kappa shape index (κ1) is 20.9. The summed E-state index contributed by atoms with van der Waals surface area (Å²) in [7, 11) is 0. The first-order valence-electron chi connectivity index (χ1n) is 9.34.